The van der Waals surface area contributed by atoms with E-state index in [0.717, 1.165) is 5.69 Å². The van der Waals surface area contributed by atoms with E-state index in [4.69, 9.17) is 11.6 Å². The molecule has 4 rings (SSSR count). The van der Waals surface area contributed by atoms with Gasteiger partial charge in [-0.1, -0.05) is 23.7 Å². The Balaban J connectivity index is 1.70. The SMILES string of the molecule is Cc1cc(N2CC(S(=O)(=O)c3ccccc3Cl)CC2C(=O)O)n(Cc2cncn2C)n1. The number of benzene rings is 1. The van der Waals surface area contributed by atoms with Crippen molar-refractivity contribution in [1.82, 2.24) is 19.3 Å². The predicted octanol–water partition coefficient (Wildman–Crippen LogP) is 2.13. The average Bonchev–Trinajstić information content (AvgIpc) is 3.41. The van der Waals surface area contributed by atoms with Crippen LogP contribution in [0.15, 0.2) is 47.8 Å². The molecule has 2 atom stereocenters. The van der Waals surface area contributed by atoms with Crippen LogP contribution in [0.5, 0.6) is 0 Å². The van der Waals surface area contributed by atoms with E-state index in [2.05, 4.69) is 10.1 Å². The number of aliphatic carboxylic acids is 1. The zero-order valence-corrected chi connectivity index (χ0v) is 18.6. The Hall–Kier alpha value is -2.85. The van der Waals surface area contributed by atoms with Crippen LogP contribution in [0.25, 0.3) is 0 Å². The molecule has 1 saturated heterocycles. The van der Waals surface area contributed by atoms with E-state index in [1.807, 2.05) is 18.5 Å². The highest BCUT2D eigenvalue weighted by molar-refractivity contribution is 7.92. The molecule has 31 heavy (non-hydrogen) atoms. The van der Waals surface area contributed by atoms with Crippen molar-refractivity contribution in [3.63, 3.8) is 0 Å². The van der Waals surface area contributed by atoms with Gasteiger partial charge in [0.25, 0.3) is 0 Å². The van der Waals surface area contributed by atoms with Gasteiger partial charge in [0.1, 0.15) is 11.9 Å². The van der Waals surface area contributed by atoms with Gasteiger partial charge in [-0.3, -0.25) is 0 Å². The molecule has 164 valence electrons. The second-order valence-corrected chi connectivity index (χ2v) is 10.2. The summed E-state index contributed by atoms with van der Waals surface area (Å²) in [4.78, 5) is 17.8. The van der Waals surface area contributed by atoms with Crippen LogP contribution in [-0.4, -0.2) is 56.7 Å². The van der Waals surface area contributed by atoms with Crippen LogP contribution in [0.2, 0.25) is 5.02 Å². The molecule has 1 fully saturated rings. The van der Waals surface area contributed by atoms with E-state index in [9.17, 15) is 18.3 Å². The summed E-state index contributed by atoms with van der Waals surface area (Å²) in [5.74, 6) is -0.522. The molecule has 2 unspecified atom stereocenters. The first-order valence-corrected chi connectivity index (χ1v) is 11.6. The van der Waals surface area contributed by atoms with Crippen molar-refractivity contribution < 1.29 is 18.3 Å². The van der Waals surface area contributed by atoms with Crippen molar-refractivity contribution in [1.29, 1.82) is 0 Å². The first kappa shape index (κ1) is 21.4. The normalized spacial score (nSPS) is 19.1. The van der Waals surface area contributed by atoms with Crippen molar-refractivity contribution in [3.8, 4) is 0 Å². The number of hydrogen-bond donors (Lipinski definition) is 1. The van der Waals surface area contributed by atoms with E-state index in [1.54, 1.807) is 40.3 Å². The van der Waals surface area contributed by atoms with Gasteiger partial charge >= 0.3 is 5.97 Å². The van der Waals surface area contributed by atoms with E-state index in [-0.39, 0.29) is 22.9 Å². The largest absolute Gasteiger partial charge is 0.480 e. The summed E-state index contributed by atoms with van der Waals surface area (Å²) in [7, 11) is -1.96. The maximum absolute atomic E-state index is 13.3. The number of carboxylic acids is 1. The molecule has 1 aliphatic rings. The van der Waals surface area contributed by atoms with E-state index in [0.29, 0.717) is 18.1 Å². The number of anilines is 1. The van der Waals surface area contributed by atoms with Gasteiger partial charge in [0.15, 0.2) is 9.84 Å². The Morgan fingerprint density at radius 1 is 1.32 bits per heavy atom. The minimum Gasteiger partial charge on any atom is -0.480 e. The van der Waals surface area contributed by atoms with Crippen LogP contribution >= 0.6 is 11.6 Å². The fourth-order valence-corrected chi connectivity index (χ4v) is 6.15. The maximum atomic E-state index is 13.3. The van der Waals surface area contributed by atoms with Gasteiger partial charge < -0.3 is 14.6 Å². The smallest absolute Gasteiger partial charge is 0.326 e. The minimum atomic E-state index is -3.82. The molecule has 0 amide bonds. The molecule has 3 aromatic rings. The molecule has 11 heteroatoms. The Morgan fingerprint density at radius 2 is 2.06 bits per heavy atom. The summed E-state index contributed by atoms with van der Waals surface area (Å²) in [5.41, 5.74) is 1.59. The summed E-state index contributed by atoms with van der Waals surface area (Å²) >= 11 is 6.13. The van der Waals surface area contributed by atoms with Gasteiger partial charge in [-0.15, -0.1) is 0 Å². The highest BCUT2D eigenvalue weighted by Gasteiger charge is 2.45. The van der Waals surface area contributed by atoms with Gasteiger partial charge in [-0.2, -0.15) is 5.10 Å². The van der Waals surface area contributed by atoms with E-state index in [1.165, 1.54) is 12.1 Å². The molecule has 2 aromatic heterocycles. The molecule has 1 aliphatic heterocycles. The number of carboxylic acid groups (broad SMARTS) is 1. The first-order chi connectivity index (χ1) is 14.7. The van der Waals surface area contributed by atoms with Crippen LogP contribution in [0.1, 0.15) is 17.8 Å². The van der Waals surface area contributed by atoms with Crippen molar-refractivity contribution in [2.45, 2.75) is 36.1 Å². The number of aromatic nitrogens is 4. The second kappa shape index (κ2) is 8.01. The number of imidazole rings is 1. The third-order valence-corrected chi connectivity index (χ3v) is 8.16. The third-order valence-electron chi connectivity index (χ3n) is 5.53. The Morgan fingerprint density at radius 3 is 2.71 bits per heavy atom. The highest BCUT2D eigenvalue weighted by atomic mass is 35.5. The number of carbonyl (C=O) groups is 1. The predicted molar refractivity (Wildman–Crippen MR) is 115 cm³/mol. The van der Waals surface area contributed by atoms with Crippen LogP contribution in [0, 0.1) is 6.92 Å². The van der Waals surface area contributed by atoms with Crippen LogP contribution < -0.4 is 4.90 Å². The quantitative estimate of drug-likeness (QED) is 0.596. The third kappa shape index (κ3) is 3.92. The number of nitrogens with zero attached hydrogens (tertiary/aromatic N) is 5. The molecule has 0 bridgehead atoms. The van der Waals surface area contributed by atoms with Crippen LogP contribution in [-0.2, 0) is 28.2 Å². The number of aryl methyl sites for hydroxylation is 2. The molecule has 0 radical (unpaired) electrons. The lowest BCUT2D eigenvalue weighted by molar-refractivity contribution is -0.138. The van der Waals surface area contributed by atoms with Gasteiger partial charge in [-0.05, 0) is 25.5 Å². The van der Waals surface area contributed by atoms with Crippen LogP contribution in [0.3, 0.4) is 0 Å². The molecule has 1 aromatic carbocycles. The summed E-state index contributed by atoms with van der Waals surface area (Å²) in [6, 6.07) is 7.00. The first-order valence-electron chi connectivity index (χ1n) is 9.66. The Labute approximate surface area is 184 Å². The molecule has 0 aliphatic carbocycles. The van der Waals surface area contributed by atoms with E-state index >= 15 is 0 Å². The molecule has 1 N–H and O–H groups in total. The zero-order valence-electron chi connectivity index (χ0n) is 17.0. The lowest BCUT2D eigenvalue weighted by Crippen LogP contribution is -2.37. The van der Waals surface area contributed by atoms with Crippen LogP contribution in [0.4, 0.5) is 5.82 Å². The van der Waals surface area contributed by atoms with Crippen molar-refractivity contribution in [3.05, 3.63) is 59.3 Å². The zero-order chi connectivity index (χ0) is 22.3. The number of sulfone groups is 1. The number of rotatable bonds is 6. The number of hydrogen-bond acceptors (Lipinski definition) is 6. The number of halogens is 1. The van der Waals surface area contributed by atoms with E-state index < -0.39 is 27.1 Å². The lowest BCUT2D eigenvalue weighted by atomic mass is 10.2. The summed E-state index contributed by atoms with van der Waals surface area (Å²) in [5, 5.41) is 13.6. The Bertz CT molecular complexity index is 1240. The average molecular weight is 464 g/mol. The summed E-state index contributed by atoms with van der Waals surface area (Å²) < 4.78 is 30.0. The lowest BCUT2D eigenvalue weighted by Gasteiger charge is -2.24. The molecular formula is C20H22ClN5O4S. The molecule has 0 saturated carbocycles. The van der Waals surface area contributed by atoms with Gasteiger partial charge in [0.05, 0.1) is 45.6 Å². The second-order valence-electron chi connectivity index (χ2n) is 7.64. The topological polar surface area (TPSA) is 110 Å². The maximum Gasteiger partial charge on any atom is 0.326 e. The van der Waals surface area contributed by atoms with Crippen molar-refractivity contribution in [2.75, 3.05) is 11.4 Å². The Kier molecular flexibility index (Phi) is 5.52. The fourth-order valence-electron chi connectivity index (χ4n) is 3.93. The van der Waals surface area contributed by atoms with Crippen molar-refractivity contribution in [2.24, 2.45) is 7.05 Å². The monoisotopic (exact) mass is 463 g/mol. The molecule has 9 nitrogen and oxygen atoms in total. The summed E-state index contributed by atoms with van der Waals surface area (Å²) in [6.07, 6.45) is 3.34. The highest BCUT2D eigenvalue weighted by Crippen LogP contribution is 2.34. The standard InChI is InChI=1S/C20H22ClN5O4S/c1-13-7-19(26(23-13)10-14-9-22-12-24(14)2)25-11-15(8-17(25)20(27)28)31(29,30)18-6-4-3-5-16(18)21/h3-7,9,12,15,17H,8,10-11H2,1-2H3,(H,27,28). The molecule has 3 heterocycles. The molecule has 0 spiro atoms. The van der Waals surface area contributed by atoms with Gasteiger partial charge in [-0.25, -0.2) is 22.9 Å². The van der Waals surface area contributed by atoms with Crippen molar-refractivity contribution >= 4 is 33.2 Å². The minimum absolute atomic E-state index is 0.0206. The van der Waals surface area contributed by atoms with Gasteiger partial charge in [0, 0.05) is 19.7 Å². The van der Waals surface area contributed by atoms with Gasteiger partial charge in [0.2, 0.25) is 0 Å². The fraction of sp³-hybridized carbons (Fsp3) is 0.350. The molecular weight excluding hydrogens is 442 g/mol. The summed E-state index contributed by atoms with van der Waals surface area (Å²) in [6.45, 7) is 2.22.